The number of carbonyl (C=O) groups is 2. The monoisotopic (exact) mass is 264 g/mol. The molecule has 0 aromatic carbocycles. The molecule has 2 N–H and O–H groups in total. The van der Waals surface area contributed by atoms with E-state index in [4.69, 9.17) is 5.11 Å². The minimum Gasteiger partial charge on any atom is -0.478 e. The van der Waals surface area contributed by atoms with Crippen LogP contribution in [0.15, 0.2) is 18.3 Å². The minimum atomic E-state index is -1.18. The van der Waals surface area contributed by atoms with E-state index in [1.54, 1.807) is 0 Å². The molecule has 0 saturated carbocycles. The lowest BCUT2D eigenvalue weighted by Crippen LogP contribution is -2.46. The Balaban J connectivity index is 2.23. The van der Waals surface area contributed by atoms with Crippen molar-refractivity contribution in [3.63, 3.8) is 0 Å². The van der Waals surface area contributed by atoms with Gasteiger partial charge in [-0.2, -0.15) is 0 Å². The summed E-state index contributed by atoms with van der Waals surface area (Å²) < 4.78 is 0. The third-order valence-electron chi connectivity index (χ3n) is 3.45. The number of likely N-dealkylation sites (tertiary alicyclic amines) is 1. The quantitative estimate of drug-likeness (QED) is 0.817. The Bertz CT molecular complexity index is 503. The average Bonchev–Trinajstić information content (AvgIpc) is 2.41. The lowest BCUT2D eigenvalue weighted by atomic mass is 9.95. The fraction of sp³-hybridized carbons (Fsp3) is 0.462. The molecule has 1 saturated heterocycles. The minimum absolute atomic E-state index is 0.0725. The van der Waals surface area contributed by atoms with Crippen LogP contribution >= 0.6 is 0 Å². The van der Waals surface area contributed by atoms with E-state index >= 15 is 0 Å². The van der Waals surface area contributed by atoms with Gasteiger partial charge in [-0.05, 0) is 24.5 Å². The highest BCUT2D eigenvalue weighted by atomic mass is 16.4. The predicted octanol–water partition coefficient (Wildman–Crippen LogP) is 0.623. The SMILES string of the molecule is CC1CCN(C(=O)c2ncccc2C(=O)O)CC1O. The standard InChI is InChI=1S/C13H16N2O4/c1-8-4-6-15(7-10(8)16)12(17)11-9(13(18)19)3-2-5-14-11/h2-3,5,8,10,16H,4,6-7H2,1H3,(H,18,19). The van der Waals surface area contributed by atoms with Gasteiger partial charge >= 0.3 is 5.97 Å². The summed E-state index contributed by atoms with van der Waals surface area (Å²) in [7, 11) is 0. The molecule has 2 heterocycles. The van der Waals surface area contributed by atoms with Gasteiger partial charge in [-0.3, -0.25) is 9.78 Å². The van der Waals surface area contributed by atoms with Crippen molar-refractivity contribution in [2.45, 2.75) is 19.4 Å². The number of carbonyl (C=O) groups excluding carboxylic acids is 1. The lowest BCUT2D eigenvalue weighted by molar-refractivity contribution is 0.0243. The Morgan fingerprint density at radius 3 is 2.84 bits per heavy atom. The number of aliphatic hydroxyl groups is 1. The van der Waals surface area contributed by atoms with Crippen LogP contribution in [-0.2, 0) is 0 Å². The number of pyridine rings is 1. The molecule has 1 aromatic heterocycles. The van der Waals surface area contributed by atoms with Crippen LogP contribution in [-0.4, -0.2) is 51.2 Å². The van der Waals surface area contributed by atoms with Crippen molar-refractivity contribution >= 4 is 11.9 Å². The first-order valence-corrected chi connectivity index (χ1v) is 6.16. The molecule has 0 aliphatic carbocycles. The molecule has 1 amide bonds. The van der Waals surface area contributed by atoms with Gasteiger partial charge in [0.1, 0.15) is 5.69 Å². The van der Waals surface area contributed by atoms with Crippen LogP contribution in [0.2, 0.25) is 0 Å². The van der Waals surface area contributed by atoms with Crippen molar-refractivity contribution in [1.29, 1.82) is 0 Å². The molecule has 0 spiro atoms. The number of carboxylic acid groups (broad SMARTS) is 1. The number of carboxylic acids is 1. The predicted molar refractivity (Wildman–Crippen MR) is 66.9 cm³/mol. The molecular formula is C13H16N2O4. The van der Waals surface area contributed by atoms with Crippen molar-refractivity contribution in [2.24, 2.45) is 5.92 Å². The second kappa shape index (κ2) is 5.36. The molecule has 19 heavy (non-hydrogen) atoms. The van der Waals surface area contributed by atoms with Crippen molar-refractivity contribution in [3.8, 4) is 0 Å². The van der Waals surface area contributed by atoms with Crippen molar-refractivity contribution in [2.75, 3.05) is 13.1 Å². The fourth-order valence-electron chi connectivity index (χ4n) is 2.13. The molecule has 6 heteroatoms. The van der Waals surface area contributed by atoms with Crippen LogP contribution in [0.3, 0.4) is 0 Å². The molecule has 0 radical (unpaired) electrons. The van der Waals surface area contributed by atoms with Crippen molar-refractivity contribution in [3.05, 3.63) is 29.6 Å². The molecule has 6 nitrogen and oxygen atoms in total. The summed E-state index contributed by atoms with van der Waals surface area (Å²) in [6.07, 6.45) is 1.51. The van der Waals surface area contributed by atoms with Gasteiger partial charge in [-0.25, -0.2) is 4.79 Å². The number of amides is 1. The van der Waals surface area contributed by atoms with Gasteiger partial charge in [0.05, 0.1) is 11.7 Å². The molecule has 2 rings (SSSR count). The fourth-order valence-corrected chi connectivity index (χ4v) is 2.13. The number of rotatable bonds is 2. The Hall–Kier alpha value is -1.95. The number of hydrogen-bond acceptors (Lipinski definition) is 4. The van der Waals surface area contributed by atoms with E-state index in [2.05, 4.69) is 4.98 Å². The number of piperidine rings is 1. The molecule has 2 unspecified atom stereocenters. The van der Waals surface area contributed by atoms with Gasteiger partial charge in [0, 0.05) is 19.3 Å². The van der Waals surface area contributed by atoms with Gasteiger partial charge < -0.3 is 15.1 Å². The van der Waals surface area contributed by atoms with E-state index in [9.17, 15) is 14.7 Å². The van der Waals surface area contributed by atoms with E-state index in [1.807, 2.05) is 6.92 Å². The summed E-state index contributed by atoms with van der Waals surface area (Å²) in [6.45, 7) is 2.65. The molecule has 1 aliphatic heterocycles. The van der Waals surface area contributed by atoms with Crippen molar-refractivity contribution < 1.29 is 19.8 Å². The molecule has 2 atom stereocenters. The first-order valence-electron chi connectivity index (χ1n) is 6.16. The lowest BCUT2D eigenvalue weighted by Gasteiger charge is -2.34. The van der Waals surface area contributed by atoms with E-state index in [0.29, 0.717) is 13.0 Å². The maximum Gasteiger partial charge on any atom is 0.338 e. The van der Waals surface area contributed by atoms with Gasteiger partial charge in [-0.1, -0.05) is 6.92 Å². The smallest absolute Gasteiger partial charge is 0.338 e. The highest BCUT2D eigenvalue weighted by Gasteiger charge is 2.30. The third-order valence-corrected chi connectivity index (χ3v) is 3.45. The first-order chi connectivity index (χ1) is 9.00. The van der Waals surface area contributed by atoms with Gasteiger partial charge in [0.25, 0.3) is 5.91 Å². The van der Waals surface area contributed by atoms with Gasteiger partial charge in [0.2, 0.25) is 0 Å². The summed E-state index contributed by atoms with van der Waals surface area (Å²) in [5.74, 6) is -1.47. The number of aliphatic hydroxyl groups excluding tert-OH is 1. The normalized spacial score (nSPS) is 23.2. The highest BCUT2D eigenvalue weighted by molar-refractivity contribution is 6.03. The van der Waals surface area contributed by atoms with Crippen molar-refractivity contribution in [1.82, 2.24) is 9.88 Å². The van der Waals surface area contributed by atoms with Crippen LogP contribution in [0.25, 0.3) is 0 Å². The zero-order valence-corrected chi connectivity index (χ0v) is 10.6. The third kappa shape index (κ3) is 2.73. The van der Waals surface area contributed by atoms with E-state index in [0.717, 1.165) is 0 Å². The van der Waals surface area contributed by atoms with Gasteiger partial charge in [0.15, 0.2) is 0 Å². The summed E-state index contributed by atoms with van der Waals surface area (Å²) in [5, 5.41) is 18.8. The number of aromatic nitrogens is 1. The number of hydrogen-bond donors (Lipinski definition) is 2. The van der Waals surface area contributed by atoms with Gasteiger partial charge in [-0.15, -0.1) is 0 Å². The maximum absolute atomic E-state index is 12.3. The number of nitrogens with zero attached hydrogens (tertiary/aromatic N) is 2. The molecule has 1 aliphatic rings. The molecule has 0 bridgehead atoms. The Morgan fingerprint density at radius 1 is 1.47 bits per heavy atom. The first kappa shape index (κ1) is 13.5. The topological polar surface area (TPSA) is 90.7 Å². The number of aromatic carboxylic acids is 1. The largest absolute Gasteiger partial charge is 0.478 e. The second-order valence-electron chi connectivity index (χ2n) is 4.79. The summed E-state index contributed by atoms with van der Waals surface area (Å²) in [4.78, 5) is 28.7. The van der Waals surface area contributed by atoms with E-state index in [-0.39, 0.29) is 23.7 Å². The van der Waals surface area contributed by atoms with E-state index < -0.39 is 18.0 Å². The van der Waals surface area contributed by atoms with E-state index in [1.165, 1.54) is 23.2 Å². The molecule has 102 valence electrons. The van der Waals surface area contributed by atoms with Crippen LogP contribution < -0.4 is 0 Å². The molecule has 1 fully saturated rings. The summed E-state index contributed by atoms with van der Waals surface area (Å²) >= 11 is 0. The molecule has 1 aromatic rings. The summed E-state index contributed by atoms with van der Waals surface area (Å²) in [6, 6.07) is 2.83. The van der Waals surface area contributed by atoms with Crippen LogP contribution in [0, 0.1) is 5.92 Å². The maximum atomic E-state index is 12.3. The zero-order chi connectivity index (χ0) is 14.0. The van der Waals surface area contributed by atoms with Crippen LogP contribution in [0.4, 0.5) is 0 Å². The molecular weight excluding hydrogens is 248 g/mol. The highest BCUT2D eigenvalue weighted by Crippen LogP contribution is 2.19. The average molecular weight is 264 g/mol. The number of β-amino-alcohol motifs (C(OH)–C–C–N with tert-alkyl or cyclic N) is 1. The summed E-state index contributed by atoms with van der Waals surface area (Å²) in [5.41, 5.74) is -0.183. The van der Waals surface area contributed by atoms with Crippen LogP contribution in [0.1, 0.15) is 34.2 Å². The Labute approximate surface area is 110 Å². The zero-order valence-electron chi connectivity index (χ0n) is 10.6. The van der Waals surface area contributed by atoms with Crippen LogP contribution in [0.5, 0.6) is 0 Å². The Kier molecular flexibility index (Phi) is 3.80. The second-order valence-corrected chi connectivity index (χ2v) is 4.79. The Morgan fingerprint density at radius 2 is 2.21 bits per heavy atom.